The molecule has 0 saturated heterocycles. The van der Waals surface area contributed by atoms with E-state index in [1.165, 1.54) is 17.7 Å². The fraction of sp³-hybridized carbons (Fsp3) is 0.458. The first-order valence-corrected chi connectivity index (χ1v) is 12.6. The summed E-state index contributed by atoms with van der Waals surface area (Å²) in [7, 11) is 3.90. The van der Waals surface area contributed by atoms with Crippen molar-refractivity contribution in [2.24, 2.45) is 0 Å². The van der Waals surface area contributed by atoms with Crippen LogP contribution in [0.4, 0.5) is 11.5 Å². The number of hydrogen-bond donors (Lipinski definition) is 3. The van der Waals surface area contributed by atoms with Crippen molar-refractivity contribution in [3.8, 4) is 0 Å². The zero-order valence-corrected chi connectivity index (χ0v) is 20.9. The van der Waals surface area contributed by atoms with Gasteiger partial charge in [-0.2, -0.15) is 0 Å². The number of carbonyl (C=O) groups is 2. The standard InChI is InChI=1S/C24H29N7O3S/c1-14-11-16(23(34)31-18(14)21(33)29-24(31)7-5-4-6-8-24)28-19-15-12-17(35-22(15)27-13-26-19)20(32)25-9-10-30(2)3/h11-13H,4-10H2,1-3H3,(H,25,32)(H,29,33)(H,26,27,28). The van der Waals surface area contributed by atoms with E-state index in [1.807, 2.05) is 25.9 Å². The quantitative estimate of drug-likeness (QED) is 0.481. The van der Waals surface area contributed by atoms with Crippen LogP contribution in [0.3, 0.4) is 0 Å². The van der Waals surface area contributed by atoms with Crippen molar-refractivity contribution >= 4 is 44.9 Å². The van der Waals surface area contributed by atoms with Gasteiger partial charge in [-0.25, -0.2) is 9.97 Å². The van der Waals surface area contributed by atoms with E-state index in [9.17, 15) is 14.4 Å². The molecule has 0 atom stereocenters. The highest BCUT2D eigenvalue weighted by Crippen LogP contribution is 2.38. The van der Waals surface area contributed by atoms with Crippen molar-refractivity contribution in [2.45, 2.75) is 44.7 Å². The monoisotopic (exact) mass is 495 g/mol. The Labute approximate surface area is 206 Å². The van der Waals surface area contributed by atoms with Gasteiger partial charge in [0, 0.05) is 13.1 Å². The molecule has 3 aromatic rings. The van der Waals surface area contributed by atoms with Crippen molar-refractivity contribution in [1.29, 1.82) is 0 Å². The van der Waals surface area contributed by atoms with Gasteiger partial charge in [0.05, 0.1) is 10.3 Å². The molecule has 1 aliphatic carbocycles. The lowest BCUT2D eigenvalue weighted by molar-refractivity contribution is 0.0875. The number of likely N-dealkylation sites (N-methyl/N-ethyl adjacent to an activating group) is 1. The molecule has 1 fully saturated rings. The molecule has 2 amide bonds. The molecule has 0 radical (unpaired) electrons. The first-order valence-electron chi connectivity index (χ1n) is 11.8. The number of rotatable bonds is 6. The molecule has 35 heavy (non-hydrogen) atoms. The van der Waals surface area contributed by atoms with E-state index in [0.717, 1.165) is 44.2 Å². The van der Waals surface area contributed by atoms with Gasteiger partial charge in [-0.15, -0.1) is 11.3 Å². The molecule has 0 aromatic carbocycles. The second kappa shape index (κ2) is 9.04. The normalized spacial score (nSPS) is 16.5. The second-order valence-corrected chi connectivity index (χ2v) is 10.5. The van der Waals surface area contributed by atoms with Crippen LogP contribution in [0.1, 0.15) is 57.8 Å². The largest absolute Gasteiger partial charge is 0.350 e. The van der Waals surface area contributed by atoms with Gasteiger partial charge < -0.3 is 20.9 Å². The number of nitrogens with zero attached hydrogens (tertiary/aromatic N) is 4. The lowest BCUT2D eigenvalue weighted by Crippen LogP contribution is -2.48. The predicted octanol–water partition coefficient (Wildman–Crippen LogP) is 2.56. The third kappa shape index (κ3) is 4.19. The molecule has 0 bridgehead atoms. The van der Waals surface area contributed by atoms with E-state index in [2.05, 4.69) is 25.9 Å². The van der Waals surface area contributed by atoms with Crippen LogP contribution in [0.25, 0.3) is 10.2 Å². The number of hydrogen-bond acceptors (Lipinski definition) is 8. The van der Waals surface area contributed by atoms with Crippen LogP contribution in [0.2, 0.25) is 0 Å². The second-order valence-electron chi connectivity index (χ2n) is 9.51. The van der Waals surface area contributed by atoms with E-state index in [0.29, 0.717) is 38.8 Å². The fourth-order valence-electron chi connectivity index (χ4n) is 5.01. The first-order chi connectivity index (χ1) is 16.8. The van der Waals surface area contributed by atoms with Crippen molar-refractivity contribution < 1.29 is 9.59 Å². The van der Waals surface area contributed by atoms with E-state index in [4.69, 9.17) is 0 Å². The Hall–Kier alpha value is -3.31. The third-order valence-electron chi connectivity index (χ3n) is 6.71. The number of pyridine rings is 1. The van der Waals surface area contributed by atoms with Gasteiger partial charge >= 0.3 is 0 Å². The Morgan fingerprint density at radius 3 is 2.71 bits per heavy atom. The molecule has 0 unspecified atom stereocenters. The summed E-state index contributed by atoms with van der Waals surface area (Å²) in [6.07, 6.45) is 5.92. The number of aryl methyl sites for hydroxylation is 1. The number of carbonyl (C=O) groups excluding carboxylic acids is 2. The van der Waals surface area contributed by atoms with Gasteiger partial charge in [-0.1, -0.05) is 6.42 Å². The van der Waals surface area contributed by atoms with Crippen LogP contribution >= 0.6 is 11.3 Å². The van der Waals surface area contributed by atoms with E-state index in [-0.39, 0.29) is 17.4 Å². The number of nitrogens with one attached hydrogen (secondary N) is 3. The maximum atomic E-state index is 13.7. The van der Waals surface area contributed by atoms with Crippen LogP contribution in [0.15, 0.2) is 23.3 Å². The highest BCUT2D eigenvalue weighted by molar-refractivity contribution is 7.20. The minimum absolute atomic E-state index is 0.168. The van der Waals surface area contributed by atoms with Gasteiger partial charge in [0.1, 0.15) is 34.0 Å². The summed E-state index contributed by atoms with van der Waals surface area (Å²) >= 11 is 1.28. The van der Waals surface area contributed by atoms with Gasteiger partial charge in [0.15, 0.2) is 0 Å². The SMILES string of the molecule is Cc1cc(Nc2ncnc3sc(C(=O)NCCN(C)C)cc23)c(=O)n2c1C(=O)NC21CCCCC1. The summed E-state index contributed by atoms with van der Waals surface area (Å²) < 4.78 is 1.65. The lowest BCUT2D eigenvalue weighted by Gasteiger charge is -2.35. The smallest absolute Gasteiger partial charge is 0.276 e. The summed E-state index contributed by atoms with van der Waals surface area (Å²) in [5.74, 6) is 0.0870. The topological polar surface area (TPSA) is 121 Å². The molecular formula is C24H29N7O3S. The molecule has 1 aliphatic heterocycles. The molecule has 4 heterocycles. The number of fused-ring (bicyclic) bond motifs is 3. The molecule has 1 saturated carbocycles. The van der Waals surface area contributed by atoms with E-state index >= 15 is 0 Å². The zero-order chi connectivity index (χ0) is 24.7. The fourth-order valence-corrected chi connectivity index (χ4v) is 5.93. The number of thiophene rings is 1. The molecular weight excluding hydrogens is 466 g/mol. The van der Waals surface area contributed by atoms with E-state index in [1.54, 1.807) is 16.7 Å². The average Bonchev–Trinajstić information content (AvgIpc) is 3.37. The van der Waals surface area contributed by atoms with Gasteiger partial charge in [-0.3, -0.25) is 19.0 Å². The number of anilines is 2. The molecule has 184 valence electrons. The third-order valence-corrected chi connectivity index (χ3v) is 7.75. The maximum Gasteiger partial charge on any atom is 0.276 e. The average molecular weight is 496 g/mol. The van der Waals surface area contributed by atoms with Crippen molar-refractivity contribution in [3.05, 3.63) is 44.9 Å². The molecule has 1 spiro atoms. The molecule has 2 aliphatic rings. The summed E-state index contributed by atoms with van der Waals surface area (Å²) in [5, 5.41) is 9.86. The summed E-state index contributed by atoms with van der Waals surface area (Å²) in [6.45, 7) is 3.12. The highest BCUT2D eigenvalue weighted by atomic mass is 32.1. The summed E-state index contributed by atoms with van der Waals surface area (Å²) in [5.41, 5.74) is 0.585. The molecule has 3 aromatic heterocycles. The number of amides is 2. The van der Waals surface area contributed by atoms with Crippen LogP contribution in [0, 0.1) is 6.92 Å². The Balaban J connectivity index is 1.49. The lowest BCUT2D eigenvalue weighted by atomic mass is 9.89. The van der Waals surface area contributed by atoms with Gasteiger partial charge in [0.25, 0.3) is 17.4 Å². The predicted molar refractivity (Wildman–Crippen MR) is 136 cm³/mol. The first kappa shape index (κ1) is 23.4. The molecule has 11 heteroatoms. The molecule has 10 nitrogen and oxygen atoms in total. The maximum absolute atomic E-state index is 13.7. The van der Waals surface area contributed by atoms with Crippen molar-refractivity contribution in [3.63, 3.8) is 0 Å². The number of aromatic nitrogens is 3. The van der Waals surface area contributed by atoms with E-state index < -0.39 is 5.66 Å². The minimum Gasteiger partial charge on any atom is -0.350 e. The van der Waals surface area contributed by atoms with Gasteiger partial charge in [-0.05, 0) is 64.4 Å². The minimum atomic E-state index is -0.661. The Morgan fingerprint density at radius 2 is 1.97 bits per heavy atom. The van der Waals surface area contributed by atoms with Crippen LogP contribution < -0.4 is 21.5 Å². The van der Waals surface area contributed by atoms with Crippen molar-refractivity contribution in [1.82, 2.24) is 30.1 Å². The highest BCUT2D eigenvalue weighted by Gasteiger charge is 2.45. The van der Waals surface area contributed by atoms with Crippen LogP contribution in [-0.2, 0) is 5.66 Å². The Morgan fingerprint density at radius 1 is 1.20 bits per heavy atom. The summed E-state index contributed by atoms with van der Waals surface area (Å²) in [6, 6.07) is 3.45. The Bertz CT molecular complexity index is 1370. The van der Waals surface area contributed by atoms with Gasteiger partial charge in [0.2, 0.25) is 0 Å². The van der Waals surface area contributed by atoms with Crippen LogP contribution in [0.5, 0.6) is 0 Å². The molecule has 3 N–H and O–H groups in total. The Kier molecular flexibility index (Phi) is 6.06. The van der Waals surface area contributed by atoms with Crippen molar-refractivity contribution in [2.75, 3.05) is 32.5 Å². The zero-order valence-electron chi connectivity index (χ0n) is 20.1. The summed E-state index contributed by atoms with van der Waals surface area (Å²) in [4.78, 5) is 50.9. The molecule has 5 rings (SSSR count). The van der Waals surface area contributed by atoms with Crippen LogP contribution in [-0.4, -0.2) is 58.4 Å².